The van der Waals surface area contributed by atoms with Crippen LogP contribution >= 0.6 is 0 Å². The van der Waals surface area contributed by atoms with Crippen molar-refractivity contribution in [2.75, 3.05) is 0 Å². The van der Waals surface area contributed by atoms with Gasteiger partial charge in [-0.25, -0.2) is 9.59 Å². The lowest BCUT2D eigenvalue weighted by Gasteiger charge is -2.03. The molecule has 0 radical (unpaired) electrons. The summed E-state index contributed by atoms with van der Waals surface area (Å²) in [5.41, 5.74) is -2.31. The van der Waals surface area contributed by atoms with Gasteiger partial charge < -0.3 is 14.6 Å². The molecule has 80 valence electrons. The molecule has 0 unspecified atom stereocenters. The smallest absolute Gasteiger partial charge is 0.343 e. The zero-order chi connectivity index (χ0) is 11.7. The number of carboxylic acids is 2. The van der Waals surface area contributed by atoms with Gasteiger partial charge in [0, 0.05) is 0 Å². The van der Waals surface area contributed by atoms with E-state index in [0.717, 1.165) is 0 Å². The molecule has 0 spiro atoms. The summed E-state index contributed by atoms with van der Waals surface area (Å²) in [6.07, 6.45) is 0. The van der Waals surface area contributed by atoms with Crippen molar-refractivity contribution >= 4 is 11.9 Å². The molecule has 0 aliphatic heterocycles. The molecule has 0 fully saturated rings. The molecule has 0 aromatic carbocycles. The average Bonchev–Trinajstić information content (AvgIpc) is 1.99. The van der Waals surface area contributed by atoms with E-state index in [1.54, 1.807) is 0 Å². The summed E-state index contributed by atoms with van der Waals surface area (Å²) in [7, 11) is 0. The quantitative estimate of drug-likeness (QED) is 0.745. The number of hydrogen-bond acceptors (Lipinski definition) is 4. The lowest BCUT2D eigenvalue weighted by atomic mass is 10.1. The first-order valence-corrected chi connectivity index (χ1v) is 3.97. The maximum Gasteiger partial charge on any atom is 0.343 e. The van der Waals surface area contributed by atoms with E-state index in [1.165, 1.54) is 13.8 Å². The Hall–Kier alpha value is -2.11. The third kappa shape index (κ3) is 1.74. The van der Waals surface area contributed by atoms with Crippen LogP contribution in [0.25, 0.3) is 0 Å². The molecule has 15 heavy (non-hydrogen) atoms. The highest BCUT2D eigenvalue weighted by molar-refractivity contribution is 5.94. The molecule has 0 aliphatic carbocycles. The fourth-order valence-corrected chi connectivity index (χ4v) is 1.27. The van der Waals surface area contributed by atoms with Crippen molar-refractivity contribution in [2.24, 2.45) is 0 Å². The van der Waals surface area contributed by atoms with Crippen LogP contribution in [0.4, 0.5) is 0 Å². The highest BCUT2D eigenvalue weighted by Crippen LogP contribution is 2.10. The van der Waals surface area contributed by atoms with Gasteiger partial charge in [0.15, 0.2) is 0 Å². The SMILES string of the molecule is Cc1oc(C)c(C(=O)O)c(=O)c1C(=O)O. The monoisotopic (exact) mass is 212 g/mol. The predicted molar refractivity (Wildman–Crippen MR) is 48.4 cm³/mol. The third-order valence-electron chi connectivity index (χ3n) is 1.89. The van der Waals surface area contributed by atoms with Gasteiger partial charge >= 0.3 is 11.9 Å². The summed E-state index contributed by atoms with van der Waals surface area (Å²) in [6, 6.07) is 0. The third-order valence-corrected chi connectivity index (χ3v) is 1.89. The summed E-state index contributed by atoms with van der Waals surface area (Å²) in [4.78, 5) is 32.8. The fourth-order valence-electron chi connectivity index (χ4n) is 1.27. The van der Waals surface area contributed by atoms with E-state index >= 15 is 0 Å². The van der Waals surface area contributed by atoms with Gasteiger partial charge in [0.25, 0.3) is 0 Å². The van der Waals surface area contributed by atoms with Gasteiger partial charge in [-0.05, 0) is 13.8 Å². The van der Waals surface area contributed by atoms with Gasteiger partial charge in [-0.3, -0.25) is 4.79 Å². The van der Waals surface area contributed by atoms with Gasteiger partial charge in [-0.1, -0.05) is 0 Å². The minimum Gasteiger partial charge on any atom is -0.477 e. The first kappa shape index (κ1) is 11.0. The van der Waals surface area contributed by atoms with Crippen molar-refractivity contribution in [1.82, 2.24) is 0 Å². The Morgan fingerprint density at radius 3 is 1.60 bits per heavy atom. The van der Waals surface area contributed by atoms with Crippen LogP contribution in [0.15, 0.2) is 9.21 Å². The van der Waals surface area contributed by atoms with E-state index in [2.05, 4.69) is 0 Å². The van der Waals surface area contributed by atoms with Gasteiger partial charge in [-0.15, -0.1) is 0 Å². The Labute approximate surface area is 83.8 Å². The lowest BCUT2D eigenvalue weighted by Crippen LogP contribution is -2.24. The van der Waals surface area contributed by atoms with Crippen LogP contribution in [-0.2, 0) is 0 Å². The maximum absolute atomic E-state index is 11.5. The summed E-state index contributed by atoms with van der Waals surface area (Å²) in [5.74, 6) is -3.20. The summed E-state index contributed by atoms with van der Waals surface area (Å²) in [5, 5.41) is 17.4. The summed E-state index contributed by atoms with van der Waals surface area (Å²) in [6.45, 7) is 2.59. The zero-order valence-corrected chi connectivity index (χ0v) is 8.03. The van der Waals surface area contributed by atoms with Crippen LogP contribution in [0, 0.1) is 13.8 Å². The Kier molecular flexibility index (Phi) is 2.61. The molecule has 6 heteroatoms. The second kappa shape index (κ2) is 3.56. The van der Waals surface area contributed by atoms with Crippen LogP contribution in [-0.4, -0.2) is 22.2 Å². The minimum atomic E-state index is -1.50. The number of rotatable bonds is 2. The number of aryl methyl sites for hydroxylation is 2. The van der Waals surface area contributed by atoms with Gasteiger partial charge in [0.1, 0.15) is 22.6 Å². The van der Waals surface area contributed by atoms with Crippen LogP contribution in [0.1, 0.15) is 32.2 Å². The van der Waals surface area contributed by atoms with Crippen molar-refractivity contribution in [3.63, 3.8) is 0 Å². The van der Waals surface area contributed by atoms with E-state index in [-0.39, 0.29) is 11.5 Å². The van der Waals surface area contributed by atoms with E-state index in [4.69, 9.17) is 14.6 Å². The number of aromatic carboxylic acids is 2. The molecule has 2 N–H and O–H groups in total. The Balaban J connectivity index is 3.72. The Bertz CT molecular complexity index is 455. The van der Waals surface area contributed by atoms with Crippen LogP contribution in [0.2, 0.25) is 0 Å². The molecule has 6 nitrogen and oxygen atoms in total. The Morgan fingerprint density at radius 2 is 1.33 bits per heavy atom. The highest BCUT2D eigenvalue weighted by atomic mass is 16.4. The number of hydrogen-bond donors (Lipinski definition) is 2. The van der Waals surface area contributed by atoms with Crippen molar-refractivity contribution in [2.45, 2.75) is 13.8 Å². The first-order chi connectivity index (χ1) is 6.86. The van der Waals surface area contributed by atoms with Crippen molar-refractivity contribution in [3.05, 3.63) is 32.9 Å². The summed E-state index contributed by atoms with van der Waals surface area (Å²) >= 11 is 0. The molecular formula is C9H8O6. The molecule has 0 aliphatic rings. The molecule has 0 bridgehead atoms. The molecule has 0 amide bonds. The van der Waals surface area contributed by atoms with E-state index < -0.39 is 28.5 Å². The van der Waals surface area contributed by atoms with Gasteiger partial charge in [0.05, 0.1) is 0 Å². The van der Waals surface area contributed by atoms with E-state index in [0.29, 0.717) is 0 Å². The molecule has 1 aromatic rings. The lowest BCUT2D eigenvalue weighted by molar-refractivity contribution is 0.0687. The van der Waals surface area contributed by atoms with Gasteiger partial charge in [0.2, 0.25) is 5.43 Å². The first-order valence-electron chi connectivity index (χ1n) is 3.97. The molecule has 1 aromatic heterocycles. The average molecular weight is 212 g/mol. The maximum atomic E-state index is 11.5. The molecule has 0 atom stereocenters. The summed E-state index contributed by atoms with van der Waals surface area (Å²) < 4.78 is 4.88. The molecule has 0 saturated carbocycles. The molecular weight excluding hydrogens is 204 g/mol. The largest absolute Gasteiger partial charge is 0.477 e. The fraction of sp³-hybridized carbons (Fsp3) is 0.222. The van der Waals surface area contributed by atoms with E-state index in [1.807, 2.05) is 0 Å². The second-order valence-corrected chi connectivity index (χ2v) is 2.90. The van der Waals surface area contributed by atoms with E-state index in [9.17, 15) is 14.4 Å². The van der Waals surface area contributed by atoms with Crippen LogP contribution in [0.3, 0.4) is 0 Å². The van der Waals surface area contributed by atoms with Crippen molar-refractivity contribution in [1.29, 1.82) is 0 Å². The zero-order valence-electron chi connectivity index (χ0n) is 8.03. The van der Waals surface area contributed by atoms with Crippen molar-refractivity contribution in [3.8, 4) is 0 Å². The highest BCUT2D eigenvalue weighted by Gasteiger charge is 2.23. The minimum absolute atomic E-state index is 0.102. The predicted octanol–water partition coefficient (Wildman–Crippen LogP) is 0.653. The van der Waals surface area contributed by atoms with Crippen molar-refractivity contribution < 1.29 is 24.2 Å². The number of carbonyl (C=O) groups is 2. The standard InChI is InChI=1S/C9H8O6/c1-3-5(8(11)12)7(10)6(9(13)14)4(2)15-3/h1-2H3,(H,11,12)(H,13,14). The number of carboxylic acid groups (broad SMARTS) is 2. The van der Waals surface area contributed by atoms with Gasteiger partial charge in [-0.2, -0.15) is 0 Å². The van der Waals surface area contributed by atoms with Crippen LogP contribution < -0.4 is 5.43 Å². The molecule has 0 saturated heterocycles. The molecule has 1 heterocycles. The Morgan fingerprint density at radius 1 is 1.00 bits per heavy atom. The second-order valence-electron chi connectivity index (χ2n) is 2.90. The molecule has 1 rings (SSSR count). The topological polar surface area (TPSA) is 105 Å². The van der Waals surface area contributed by atoms with Crippen LogP contribution in [0.5, 0.6) is 0 Å². The normalized spacial score (nSPS) is 10.0.